The number of nitrogens with one attached hydrogen (secondary N) is 2. The maximum absolute atomic E-state index is 12.2. The summed E-state index contributed by atoms with van der Waals surface area (Å²) < 4.78 is 10.4. The Kier molecular flexibility index (Phi) is 8.37. The molecule has 1 fully saturated rings. The molecule has 2 rings (SSSR count). The second-order valence-electron chi connectivity index (χ2n) is 6.11. The van der Waals surface area contributed by atoms with Crippen LogP contribution in [-0.4, -0.2) is 45.9 Å². The molecule has 2 N–H and O–H groups in total. The minimum atomic E-state index is -0.0248. The summed E-state index contributed by atoms with van der Waals surface area (Å²) in [5.41, 5.74) is 0.862. The number of halogens is 1. The van der Waals surface area contributed by atoms with Gasteiger partial charge in [-0.05, 0) is 55.6 Å². The van der Waals surface area contributed by atoms with Gasteiger partial charge in [0.25, 0.3) is 5.91 Å². The van der Waals surface area contributed by atoms with E-state index >= 15 is 0 Å². The van der Waals surface area contributed by atoms with E-state index in [1.165, 1.54) is 0 Å². The topological polar surface area (TPSA) is 59.6 Å². The number of piperidine rings is 1. The first-order valence-corrected chi connectivity index (χ1v) is 7.84. The van der Waals surface area contributed by atoms with E-state index in [-0.39, 0.29) is 23.7 Å². The second kappa shape index (κ2) is 9.75. The molecule has 1 aliphatic rings. The summed E-state index contributed by atoms with van der Waals surface area (Å²) in [4.78, 5) is 12.2. The maximum atomic E-state index is 12.2. The Labute approximate surface area is 144 Å². The predicted octanol–water partition coefficient (Wildman–Crippen LogP) is 2.25. The van der Waals surface area contributed by atoms with Crippen molar-refractivity contribution >= 4 is 18.3 Å². The minimum absolute atomic E-state index is 0. The van der Waals surface area contributed by atoms with Crippen molar-refractivity contribution in [3.8, 4) is 5.75 Å². The zero-order valence-electron chi connectivity index (χ0n) is 13.9. The molecule has 1 saturated heterocycles. The number of hydrogen-bond acceptors (Lipinski definition) is 4. The first-order chi connectivity index (χ1) is 10.6. The molecule has 23 heavy (non-hydrogen) atoms. The van der Waals surface area contributed by atoms with Gasteiger partial charge >= 0.3 is 0 Å². The normalized spacial score (nSPS) is 16.3. The highest BCUT2D eigenvalue weighted by Gasteiger charge is 2.27. The standard InChI is InChI=1S/C17H26N2O3.ClH/c1-17(7-9-18-10-8-17)13-19-16(20)14-3-5-15(6-4-14)22-12-11-21-2;/h3-6,18H,7-13H2,1-2H3,(H,19,20);1H. The lowest BCUT2D eigenvalue weighted by Gasteiger charge is -2.34. The lowest BCUT2D eigenvalue weighted by Crippen LogP contribution is -2.42. The summed E-state index contributed by atoms with van der Waals surface area (Å²) >= 11 is 0. The summed E-state index contributed by atoms with van der Waals surface area (Å²) in [6.07, 6.45) is 2.19. The fraction of sp³-hybridized carbons (Fsp3) is 0.588. The number of ether oxygens (including phenoxy) is 2. The molecule has 0 aromatic heterocycles. The van der Waals surface area contributed by atoms with Crippen LogP contribution in [0.2, 0.25) is 0 Å². The van der Waals surface area contributed by atoms with Gasteiger partial charge in [-0.15, -0.1) is 12.4 Å². The molecule has 1 aliphatic heterocycles. The molecule has 0 unspecified atom stereocenters. The van der Waals surface area contributed by atoms with Crippen molar-refractivity contribution in [2.75, 3.05) is 40.0 Å². The highest BCUT2D eigenvalue weighted by molar-refractivity contribution is 5.94. The molecule has 0 saturated carbocycles. The van der Waals surface area contributed by atoms with Gasteiger partial charge in [0.2, 0.25) is 0 Å². The van der Waals surface area contributed by atoms with Crippen molar-refractivity contribution in [1.29, 1.82) is 0 Å². The lowest BCUT2D eigenvalue weighted by atomic mass is 9.81. The zero-order chi connectivity index (χ0) is 15.8. The summed E-state index contributed by atoms with van der Waals surface area (Å²) in [5.74, 6) is 0.724. The molecule has 1 heterocycles. The van der Waals surface area contributed by atoms with Crippen molar-refractivity contribution in [3.05, 3.63) is 29.8 Å². The van der Waals surface area contributed by atoms with Gasteiger partial charge in [-0.1, -0.05) is 6.92 Å². The van der Waals surface area contributed by atoms with Gasteiger partial charge in [-0.25, -0.2) is 0 Å². The average Bonchev–Trinajstić information content (AvgIpc) is 2.54. The van der Waals surface area contributed by atoms with Crippen LogP contribution in [0.5, 0.6) is 5.75 Å². The molecule has 130 valence electrons. The largest absolute Gasteiger partial charge is 0.491 e. The Balaban J connectivity index is 0.00000264. The van der Waals surface area contributed by atoms with Crippen LogP contribution in [0.15, 0.2) is 24.3 Å². The Hall–Kier alpha value is -1.30. The SMILES string of the molecule is COCCOc1ccc(C(=O)NCC2(C)CCNCC2)cc1.Cl. The van der Waals surface area contributed by atoms with Crippen LogP contribution in [0.1, 0.15) is 30.1 Å². The first kappa shape index (κ1) is 19.7. The van der Waals surface area contributed by atoms with E-state index in [1.54, 1.807) is 19.2 Å². The molecule has 0 aliphatic carbocycles. The fourth-order valence-corrected chi connectivity index (χ4v) is 2.55. The second-order valence-corrected chi connectivity index (χ2v) is 6.11. The Morgan fingerprint density at radius 2 is 1.87 bits per heavy atom. The van der Waals surface area contributed by atoms with E-state index < -0.39 is 0 Å². The summed E-state index contributed by atoms with van der Waals surface area (Å²) in [7, 11) is 1.64. The number of methoxy groups -OCH3 is 1. The van der Waals surface area contributed by atoms with Crippen molar-refractivity contribution in [3.63, 3.8) is 0 Å². The van der Waals surface area contributed by atoms with Crippen molar-refractivity contribution in [1.82, 2.24) is 10.6 Å². The van der Waals surface area contributed by atoms with Gasteiger partial charge in [0.1, 0.15) is 12.4 Å². The molecule has 0 radical (unpaired) electrons. The van der Waals surface area contributed by atoms with Crippen LogP contribution >= 0.6 is 12.4 Å². The maximum Gasteiger partial charge on any atom is 0.251 e. The van der Waals surface area contributed by atoms with Crippen molar-refractivity contribution < 1.29 is 14.3 Å². The van der Waals surface area contributed by atoms with Gasteiger partial charge in [-0.3, -0.25) is 4.79 Å². The van der Waals surface area contributed by atoms with E-state index in [0.29, 0.717) is 18.8 Å². The molecular weight excluding hydrogens is 316 g/mol. The van der Waals surface area contributed by atoms with Crippen molar-refractivity contribution in [2.45, 2.75) is 19.8 Å². The molecule has 1 aromatic rings. The highest BCUT2D eigenvalue weighted by atomic mass is 35.5. The van der Waals surface area contributed by atoms with Crippen molar-refractivity contribution in [2.24, 2.45) is 5.41 Å². The molecule has 1 amide bonds. The summed E-state index contributed by atoms with van der Waals surface area (Å²) in [6.45, 7) is 6.07. The fourth-order valence-electron chi connectivity index (χ4n) is 2.55. The molecule has 0 atom stereocenters. The third kappa shape index (κ3) is 6.37. The molecule has 1 aromatic carbocycles. The zero-order valence-corrected chi connectivity index (χ0v) is 14.7. The first-order valence-electron chi connectivity index (χ1n) is 7.84. The third-order valence-electron chi connectivity index (χ3n) is 4.16. The molecule has 0 bridgehead atoms. The molecular formula is C17H27ClN2O3. The quantitative estimate of drug-likeness (QED) is 0.746. The highest BCUT2D eigenvalue weighted by Crippen LogP contribution is 2.26. The summed E-state index contributed by atoms with van der Waals surface area (Å²) in [5, 5.41) is 6.40. The van der Waals surface area contributed by atoms with Crippen LogP contribution in [0, 0.1) is 5.41 Å². The summed E-state index contributed by atoms with van der Waals surface area (Å²) in [6, 6.07) is 7.22. The number of rotatable bonds is 7. The predicted molar refractivity (Wildman–Crippen MR) is 93.6 cm³/mol. The van der Waals surface area contributed by atoms with Gasteiger partial charge in [0.05, 0.1) is 6.61 Å². The third-order valence-corrected chi connectivity index (χ3v) is 4.16. The number of carbonyl (C=O) groups excluding carboxylic acids is 1. The van der Waals surface area contributed by atoms with Crippen LogP contribution in [0.3, 0.4) is 0 Å². The van der Waals surface area contributed by atoms with Crippen LogP contribution in [-0.2, 0) is 4.74 Å². The Morgan fingerprint density at radius 3 is 2.48 bits per heavy atom. The average molecular weight is 343 g/mol. The van der Waals surface area contributed by atoms with Gasteiger partial charge < -0.3 is 20.1 Å². The van der Waals surface area contributed by atoms with Gasteiger partial charge in [0.15, 0.2) is 0 Å². The van der Waals surface area contributed by atoms with Crippen LogP contribution in [0.25, 0.3) is 0 Å². The van der Waals surface area contributed by atoms with E-state index in [1.807, 2.05) is 12.1 Å². The minimum Gasteiger partial charge on any atom is -0.491 e. The molecule has 0 spiro atoms. The van der Waals surface area contributed by atoms with Crippen LogP contribution < -0.4 is 15.4 Å². The van der Waals surface area contributed by atoms with E-state index in [0.717, 1.165) is 38.2 Å². The van der Waals surface area contributed by atoms with Gasteiger partial charge in [-0.2, -0.15) is 0 Å². The smallest absolute Gasteiger partial charge is 0.251 e. The Morgan fingerprint density at radius 1 is 1.22 bits per heavy atom. The number of benzene rings is 1. The number of carbonyl (C=O) groups is 1. The van der Waals surface area contributed by atoms with Crippen LogP contribution in [0.4, 0.5) is 0 Å². The molecule has 6 heteroatoms. The van der Waals surface area contributed by atoms with E-state index in [9.17, 15) is 4.79 Å². The molecule has 5 nitrogen and oxygen atoms in total. The Bertz CT molecular complexity index is 473. The van der Waals surface area contributed by atoms with Gasteiger partial charge in [0, 0.05) is 19.2 Å². The van der Waals surface area contributed by atoms with E-state index in [2.05, 4.69) is 17.6 Å². The number of amides is 1. The lowest BCUT2D eigenvalue weighted by molar-refractivity contribution is 0.0922. The number of hydrogen-bond donors (Lipinski definition) is 2. The van der Waals surface area contributed by atoms with E-state index in [4.69, 9.17) is 9.47 Å². The monoisotopic (exact) mass is 342 g/mol.